The highest BCUT2D eigenvalue weighted by molar-refractivity contribution is 9.10. The molecule has 5 heteroatoms. The van der Waals surface area contributed by atoms with Crippen LogP contribution >= 0.6 is 15.9 Å². The van der Waals surface area contributed by atoms with E-state index >= 15 is 0 Å². The number of carboxylic acids is 1. The number of hydrogen-bond acceptors (Lipinski definition) is 3. The Hall–Kier alpha value is -1.36. The zero-order valence-electron chi connectivity index (χ0n) is 12.6. The summed E-state index contributed by atoms with van der Waals surface area (Å²) in [6.07, 6.45) is 2.30. The fraction of sp³-hybridized carbons (Fsp3) is 0.500. The van der Waals surface area contributed by atoms with Crippen LogP contribution in [-0.4, -0.2) is 23.1 Å². The van der Waals surface area contributed by atoms with Crippen LogP contribution in [-0.2, 0) is 4.74 Å². The molecule has 1 aromatic carbocycles. The number of carbonyl (C=O) groups excluding carboxylic acids is 1. The number of ether oxygens (including phenoxy) is 1. The molecule has 1 aromatic rings. The number of aromatic carboxylic acids is 1. The normalized spacial score (nSPS) is 12.2. The third-order valence-electron chi connectivity index (χ3n) is 3.23. The van der Waals surface area contributed by atoms with Gasteiger partial charge in [0.2, 0.25) is 0 Å². The highest BCUT2D eigenvalue weighted by atomic mass is 79.9. The van der Waals surface area contributed by atoms with Crippen LogP contribution < -0.4 is 0 Å². The largest absolute Gasteiger partial charge is 0.478 e. The minimum absolute atomic E-state index is 0.0481. The zero-order valence-corrected chi connectivity index (χ0v) is 14.1. The standard InChI is InChI=1S/C16H21BrO4/c1-4-12(7-5-10(2)3)21-16(20)13-8-6-11(17)9-14(13)15(18)19/h6,8-10,12H,4-5,7H2,1-3H3,(H,18,19). The molecule has 0 aromatic heterocycles. The number of hydrogen-bond donors (Lipinski definition) is 1. The van der Waals surface area contributed by atoms with E-state index in [1.165, 1.54) is 12.1 Å². The topological polar surface area (TPSA) is 63.6 Å². The Morgan fingerprint density at radius 3 is 2.43 bits per heavy atom. The summed E-state index contributed by atoms with van der Waals surface area (Å²) in [5.74, 6) is -1.17. The molecule has 0 fully saturated rings. The third-order valence-corrected chi connectivity index (χ3v) is 3.72. The molecule has 21 heavy (non-hydrogen) atoms. The minimum Gasteiger partial charge on any atom is -0.478 e. The van der Waals surface area contributed by atoms with Crippen LogP contribution in [0.25, 0.3) is 0 Å². The number of carbonyl (C=O) groups is 2. The van der Waals surface area contributed by atoms with E-state index in [2.05, 4.69) is 29.8 Å². The van der Waals surface area contributed by atoms with E-state index in [-0.39, 0.29) is 17.2 Å². The van der Waals surface area contributed by atoms with Gasteiger partial charge in [0.1, 0.15) is 6.10 Å². The van der Waals surface area contributed by atoms with Crippen LogP contribution in [0.1, 0.15) is 60.7 Å². The van der Waals surface area contributed by atoms with Gasteiger partial charge in [-0.15, -0.1) is 0 Å². The molecule has 0 aliphatic rings. The summed E-state index contributed by atoms with van der Waals surface area (Å²) >= 11 is 3.20. The highest BCUT2D eigenvalue weighted by Crippen LogP contribution is 2.20. The molecule has 1 N–H and O–H groups in total. The molecule has 0 heterocycles. The fourth-order valence-electron chi connectivity index (χ4n) is 1.95. The first-order valence-corrected chi connectivity index (χ1v) is 7.88. The number of carboxylic acid groups (broad SMARTS) is 1. The monoisotopic (exact) mass is 356 g/mol. The van der Waals surface area contributed by atoms with Crippen molar-refractivity contribution in [2.45, 2.75) is 46.1 Å². The van der Waals surface area contributed by atoms with E-state index in [1.807, 2.05) is 6.92 Å². The van der Waals surface area contributed by atoms with Gasteiger partial charge < -0.3 is 9.84 Å². The van der Waals surface area contributed by atoms with E-state index in [4.69, 9.17) is 4.74 Å². The summed E-state index contributed by atoms with van der Waals surface area (Å²) < 4.78 is 6.06. The van der Waals surface area contributed by atoms with Crippen molar-refractivity contribution in [3.05, 3.63) is 33.8 Å². The van der Waals surface area contributed by atoms with Crippen molar-refractivity contribution in [1.29, 1.82) is 0 Å². The predicted octanol–water partition coefficient (Wildman–Crippen LogP) is 4.52. The van der Waals surface area contributed by atoms with E-state index < -0.39 is 11.9 Å². The molecule has 0 bridgehead atoms. The lowest BCUT2D eigenvalue weighted by atomic mass is 10.0. The Bertz CT molecular complexity index is 511. The lowest BCUT2D eigenvalue weighted by Gasteiger charge is -2.18. The maximum atomic E-state index is 12.2. The van der Waals surface area contributed by atoms with Gasteiger partial charge in [-0.1, -0.05) is 36.7 Å². The van der Waals surface area contributed by atoms with Crippen molar-refractivity contribution in [3.8, 4) is 0 Å². The Labute approximate surface area is 133 Å². The maximum Gasteiger partial charge on any atom is 0.339 e. The Morgan fingerprint density at radius 1 is 1.24 bits per heavy atom. The van der Waals surface area contributed by atoms with Gasteiger partial charge in [-0.2, -0.15) is 0 Å². The SMILES string of the molecule is CCC(CCC(C)C)OC(=O)c1ccc(Br)cc1C(=O)O. The van der Waals surface area contributed by atoms with Gasteiger partial charge in [0.25, 0.3) is 0 Å². The first-order valence-electron chi connectivity index (χ1n) is 7.09. The molecule has 1 atom stereocenters. The molecule has 116 valence electrons. The maximum absolute atomic E-state index is 12.2. The fourth-order valence-corrected chi connectivity index (χ4v) is 2.31. The minimum atomic E-state index is -1.14. The Kier molecular flexibility index (Phi) is 6.89. The highest BCUT2D eigenvalue weighted by Gasteiger charge is 2.21. The van der Waals surface area contributed by atoms with Crippen LogP contribution in [0, 0.1) is 5.92 Å². The first kappa shape index (κ1) is 17.7. The lowest BCUT2D eigenvalue weighted by Crippen LogP contribution is -2.20. The van der Waals surface area contributed by atoms with Crippen molar-refractivity contribution >= 4 is 27.9 Å². The van der Waals surface area contributed by atoms with E-state index in [0.29, 0.717) is 10.4 Å². The van der Waals surface area contributed by atoms with Crippen molar-refractivity contribution < 1.29 is 19.4 Å². The smallest absolute Gasteiger partial charge is 0.339 e. The molecule has 0 spiro atoms. The molecule has 0 aliphatic heterocycles. The molecule has 1 unspecified atom stereocenters. The second-order valence-electron chi connectivity index (χ2n) is 5.40. The molecule has 4 nitrogen and oxygen atoms in total. The summed E-state index contributed by atoms with van der Waals surface area (Å²) in [6.45, 7) is 6.19. The van der Waals surface area contributed by atoms with Crippen molar-refractivity contribution in [3.63, 3.8) is 0 Å². The van der Waals surface area contributed by atoms with E-state index in [1.54, 1.807) is 6.07 Å². The van der Waals surface area contributed by atoms with Gasteiger partial charge in [0.05, 0.1) is 11.1 Å². The summed E-state index contributed by atoms with van der Waals surface area (Å²) in [4.78, 5) is 23.4. The molecular weight excluding hydrogens is 336 g/mol. The Balaban J connectivity index is 2.85. The second kappa shape index (κ2) is 8.17. The molecule has 0 aliphatic carbocycles. The number of halogens is 1. The molecule has 0 amide bonds. The first-order chi connectivity index (χ1) is 9.85. The summed E-state index contributed by atoms with van der Waals surface area (Å²) in [7, 11) is 0. The van der Waals surface area contributed by atoms with Gasteiger partial charge in [-0.3, -0.25) is 0 Å². The second-order valence-corrected chi connectivity index (χ2v) is 6.32. The number of esters is 1. The number of rotatable bonds is 7. The van der Waals surface area contributed by atoms with Crippen molar-refractivity contribution in [2.75, 3.05) is 0 Å². The zero-order chi connectivity index (χ0) is 16.0. The van der Waals surface area contributed by atoms with Crippen molar-refractivity contribution in [1.82, 2.24) is 0 Å². The van der Waals surface area contributed by atoms with Gasteiger partial charge in [0.15, 0.2) is 0 Å². The van der Waals surface area contributed by atoms with Gasteiger partial charge in [0, 0.05) is 4.47 Å². The molecule has 0 radical (unpaired) electrons. The summed E-state index contributed by atoms with van der Waals surface area (Å²) in [5, 5.41) is 9.18. The average Bonchev–Trinajstić information content (AvgIpc) is 2.42. The van der Waals surface area contributed by atoms with Gasteiger partial charge in [-0.25, -0.2) is 9.59 Å². The Morgan fingerprint density at radius 2 is 1.90 bits per heavy atom. The van der Waals surface area contributed by atoms with Crippen LogP contribution in [0.5, 0.6) is 0 Å². The van der Waals surface area contributed by atoms with Crippen LogP contribution in [0.2, 0.25) is 0 Å². The molecule has 0 saturated carbocycles. The lowest BCUT2D eigenvalue weighted by molar-refractivity contribution is 0.0255. The van der Waals surface area contributed by atoms with E-state index in [9.17, 15) is 14.7 Å². The van der Waals surface area contributed by atoms with Gasteiger partial charge in [-0.05, 0) is 43.4 Å². The van der Waals surface area contributed by atoms with Crippen LogP contribution in [0.15, 0.2) is 22.7 Å². The summed E-state index contributed by atoms with van der Waals surface area (Å²) in [5.41, 5.74) is 0.0433. The molecular formula is C16H21BrO4. The third kappa shape index (κ3) is 5.50. The number of benzene rings is 1. The van der Waals surface area contributed by atoms with Crippen molar-refractivity contribution in [2.24, 2.45) is 5.92 Å². The molecule has 1 rings (SSSR count). The average molecular weight is 357 g/mol. The van der Waals surface area contributed by atoms with E-state index in [0.717, 1.165) is 19.3 Å². The summed E-state index contributed by atoms with van der Waals surface area (Å²) in [6, 6.07) is 4.52. The van der Waals surface area contributed by atoms with Crippen LogP contribution in [0.4, 0.5) is 0 Å². The van der Waals surface area contributed by atoms with Crippen LogP contribution in [0.3, 0.4) is 0 Å². The van der Waals surface area contributed by atoms with Gasteiger partial charge >= 0.3 is 11.9 Å². The molecule has 0 saturated heterocycles. The quantitative estimate of drug-likeness (QED) is 0.729. The predicted molar refractivity (Wildman–Crippen MR) is 84.7 cm³/mol.